The van der Waals surface area contributed by atoms with Crippen LogP contribution in [0, 0.1) is 0 Å². The first-order valence-corrected chi connectivity index (χ1v) is 9.44. The van der Waals surface area contributed by atoms with Gasteiger partial charge in [-0.2, -0.15) is 0 Å². The van der Waals surface area contributed by atoms with Crippen LogP contribution in [0.25, 0.3) is 12.2 Å². The molecule has 1 saturated heterocycles. The summed E-state index contributed by atoms with van der Waals surface area (Å²) < 4.78 is 5.83. The van der Waals surface area contributed by atoms with E-state index in [-0.39, 0.29) is 18.0 Å². The predicted octanol–water partition coefficient (Wildman–Crippen LogP) is 4.33. The predicted molar refractivity (Wildman–Crippen MR) is 105 cm³/mol. The van der Waals surface area contributed by atoms with Gasteiger partial charge in [0.25, 0.3) is 0 Å². The van der Waals surface area contributed by atoms with Gasteiger partial charge in [-0.25, -0.2) is 0 Å². The molecule has 1 aliphatic heterocycles. The van der Waals surface area contributed by atoms with Crippen molar-refractivity contribution in [2.24, 2.45) is 0 Å². The van der Waals surface area contributed by atoms with E-state index in [9.17, 15) is 4.79 Å². The molecule has 0 bridgehead atoms. The molecule has 2 aromatic rings. The van der Waals surface area contributed by atoms with Gasteiger partial charge in [-0.05, 0) is 42.1 Å². The van der Waals surface area contributed by atoms with E-state index in [0.717, 1.165) is 25.9 Å². The summed E-state index contributed by atoms with van der Waals surface area (Å²) in [5, 5.41) is 0. The third-order valence-corrected chi connectivity index (χ3v) is 5.52. The van der Waals surface area contributed by atoms with E-state index < -0.39 is 0 Å². The van der Waals surface area contributed by atoms with Crippen molar-refractivity contribution < 1.29 is 9.53 Å². The normalized spacial score (nSPS) is 18.0. The molecule has 3 heteroatoms. The minimum absolute atomic E-state index is 0.0381. The van der Waals surface area contributed by atoms with Crippen molar-refractivity contribution >= 4 is 18.1 Å². The Morgan fingerprint density at radius 2 is 1.50 bits per heavy atom. The van der Waals surface area contributed by atoms with E-state index >= 15 is 0 Å². The first-order valence-electron chi connectivity index (χ1n) is 9.44. The summed E-state index contributed by atoms with van der Waals surface area (Å²) in [6, 6.07) is 16.7. The molecule has 2 aromatic carbocycles. The second kappa shape index (κ2) is 7.46. The van der Waals surface area contributed by atoms with Crippen LogP contribution in [-0.4, -0.2) is 37.1 Å². The van der Waals surface area contributed by atoms with Gasteiger partial charge in [0.15, 0.2) is 0 Å². The standard InChI is InChI=1S/C23H25NO2/c1-24-14-12-19(13-15-24)26-23(25)16-22-20-8-4-2-6-17(20)10-11-18-7-3-5-9-21(18)22/h2-11,19,22H,12-16H2,1H3. The van der Waals surface area contributed by atoms with Crippen molar-refractivity contribution in [3.05, 3.63) is 70.8 Å². The zero-order valence-corrected chi connectivity index (χ0v) is 15.2. The number of piperidine rings is 1. The lowest BCUT2D eigenvalue weighted by molar-refractivity contribution is -0.151. The summed E-state index contributed by atoms with van der Waals surface area (Å²) in [4.78, 5) is 15.0. The Morgan fingerprint density at radius 3 is 2.08 bits per heavy atom. The summed E-state index contributed by atoms with van der Waals surface area (Å²) in [6.45, 7) is 1.99. The number of fused-ring (bicyclic) bond motifs is 2. The van der Waals surface area contributed by atoms with Crippen molar-refractivity contribution in [1.82, 2.24) is 4.90 Å². The highest BCUT2D eigenvalue weighted by molar-refractivity contribution is 5.79. The van der Waals surface area contributed by atoms with Crippen molar-refractivity contribution in [3.8, 4) is 0 Å². The molecule has 2 aliphatic rings. The van der Waals surface area contributed by atoms with E-state index in [2.05, 4.69) is 60.5 Å². The highest BCUT2D eigenvalue weighted by Crippen LogP contribution is 2.37. The summed E-state index contributed by atoms with van der Waals surface area (Å²) in [6.07, 6.45) is 6.62. The van der Waals surface area contributed by atoms with Crippen molar-refractivity contribution in [1.29, 1.82) is 0 Å². The molecule has 134 valence electrons. The maximum Gasteiger partial charge on any atom is 0.307 e. The summed E-state index contributed by atoms with van der Waals surface area (Å²) in [7, 11) is 2.12. The van der Waals surface area contributed by atoms with E-state index in [0.29, 0.717) is 6.42 Å². The maximum atomic E-state index is 12.7. The molecule has 0 saturated carbocycles. The van der Waals surface area contributed by atoms with E-state index in [1.54, 1.807) is 0 Å². The van der Waals surface area contributed by atoms with Crippen LogP contribution in [0.1, 0.15) is 47.4 Å². The number of hydrogen-bond acceptors (Lipinski definition) is 3. The van der Waals surface area contributed by atoms with Crippen LogP contribution >= 0.6 is 0 Å². The SMILES string of the molecule is CN1CCC(OC(=O)CC2c3ccccc3C=Cc3ccccc32)CC1. The Kier molecular flexibility index (Phi) is 4.89. The van der Waals surface area contributed by atoms with Crippen LogP contribution in [0.2, 0.25) is 0 Å². The Labute approximate surface area is 155 Å². The molecule has 26 heavy (non-hydrogen) atoms. The number of ether oxygens (including phenoxy) is 1. The zero-order chi connectivity index (χ0) is 17.9. The van der Waals surface area contributed by atoms with Crippen molar-refractivity contribution in [3.63, 3.8) is 0 Å². The smallest absolute Gasteiger partial charge is 0.307 e. The molecule has 3 nitrogen and oxygen atoms in total. The average molecular weight is 347 g/mol. The number of carbonyl (C=O) groups excluding carboxylic acids is 1. The van der Waals surface area contributed by atoms with Crippen molar-refractivity contribution in [2.45, 2.75) is 31.3 Å². The fraction of sp³-hybridized carbons (Fsp3) is 0.348. The molecule has 1 heterocycles. The molecular formula is C23H25NO2. The van der Waals surface area contributed by atoms with Gasteiger partial charge in [-0.3, -0.25) is 4.79 Å². The Bertz CT molecular complexity index is 769. The number of rotatable bonds is 3. The number of nitrogens with zero attached hydrogens (tertiary/aromatic N) is 1. The van der Waals surface area contributed by atoms with Gasteiger partial charge in [0, 0.05) is 19.0 Å². The van der Waals surface area contributed by atoms with Gasteiger partial charge >= 0.3 is 5.97 Å². The molecule has 0 spiro atoms. The molecule has 0 N–H and O–H groups in total. The highest BCUT2D eigenvalue weighted by atomic mass is 16.5. The van der Waals surface area contributed by atoms with Gasteiger partial charge in [0.1, 0.15) is 6.10 Å². The Morgan fingerprint density at radius 1 is 0.962 bits per heavy atom. The largest absolute Gasteiger partial charge is 0.462 e. The maximum absolute atomic E-state index is 12.7. The Balaban J connectivity index is 1.57. The molecule has 0 aromatic heterocycles. The van der Waals surface area contributed by atoms with Crippen LogP contribution in [0.4, 0.5) is 0 Å². The number of likely N-dealkylation sites (tertiary alicyclic amines) is 1. The molecule has 0 amide bonds. The average Bonchev–Trinajstić information content (AvgIpc) is 2.82. The summed E-state index contributed by atoms with van der Waals surface area (Å²) in [5.41, 5.74) is 4.77. The van der Waals surface area contributed by atoms with Gasteiger partial charge < -0.3 is 9.64 Å². The minimum Gasteiger partial charge on any atom is -0.462 e. The monoisotopic (exact) mass is 347 g/mol. The lowest BCUT2D eigenvalue weighted by atomic mass is 9.85. The molecule has 4 rings (SSSR count). The number of hydrogen-bond donors (Lipinski definition) is 0. The summed E-state index contributed by atoms with van der Waals surface area (Å²) >= 11 is 0. The number of carbonyl (C=O) groups is 1. The Hall–Kier alpha value is -2.39. The van der Waals surface area contributed by atoms with E-state index in [1.807, 2.05) is 12.1 Å². The zero-order valence-electron chi connectivity index (χ0n) is 15.2. The van der Waals surface area contributed by atoms with Crippen LogP contribution in [0.5, 0.6) is 0 Å². The first-order chi connectivity index (χ1) is 12.7. The topological polar surface area (TPSA) is 29.5 Å². The van der Waals surface area contributed by atoms with Crippen LogP contribution < -0.4 is 0 Å². The van der Waals surface area contributed by atoms with E-state index in [4.69, 9.17) is 4.74 Å². The minimum atomic E-state index is -0.0870. The fourth-order valence-electron chi connectivity index (χ4n) is 4.03. The third-order valence-electron chi connectivity index (χ3n) is 5.52. The molecule has 1 aliphatic carbocycles. The lowest BCUT2D eigenvalue weighted by Crippen LogP contribution is -2.35. The second-order valence-electron chi connectivity index (χ2n) is 7.34. The molecule has 0 atom stereocenters. The van der Waals surface area contributed by atoms with Crippen LogP contribution in [0.15, 0.2) is 48.5 Å². The highest BCUT2D eigenvalue weighted by Gasteiger charge is 2.26. The van der Waals surface area contributed by atoms with Gasteiger partial charge in [0.2, 0.25) is 0 Å². The lowest BCUT2D eigenvalue weighted by Gasteiger charge is -2.29. The van der Waals surface area contributed by atoms with Crippen molar-refractivity contribution in [2.75, 3.05) is 20.1 Å². The quantitative estimate of drug-likeness (QED) is 0.774. The molecular weight excluding hydrogens is 322 g/mol. The van der Waals surface area contributed by atoms with Gasteiger partial charge in [-0.1, -0.05) is 60.7 Å². The third kappa shape index (κ3) is 3.58. The number of benzene rings is 2. The fourth-order valence-corrected chi connectivity index (χ4v) is 4.03. The molecule has 0 unspecified atom stereocenters. The van der Waals surface area contributed by atoms with Gasteiger partial charge in [-0.15, -0.1) is 0 Å². The van der Waals surface area contributed by atoms with Crippen LogP contribution in [0.3, 0.4) is 0 Å². The van der Waals surface area contributed by atoms with Gasteiger partial charge in [0.05, 0.1) is 6.42 Å². The number of esters is 1. The van der Waals surface area contributed by atoms with E-state index in [1.165, 1.54) is 22.3 Å². The summed E-state index contributed by atoms with van der Waals surface area (Å²) in [5.74, 6) is -0.0489. The second-order valence-corrected chi connectivity index (χ2v) is 7.34. The molecule has 0 radical (unpaired) electrons. The van der Waals surface area contributed by atoms with Crippen LogP contribution in [-0.2, 0) is 9.53 Å². The first kappa shape index (κ1) is 17.0. The molecule has 1 fully saturated rings.